The minimum absolute atomic E-state index is 0.117. The summed E-state index contributed by atoms with van der Waals surface area (Å²) < 4.78 is 0. The van der Waals surface area contributed by atoms with Crippen molar-refractivity contribution < 1.29 is 4.79 Å². The molecule has 2 nitrogen and oxygen atoms in total. The lowest BCUT2D eigenvalue weighted by Gasteiger charge is -2.30. The maximum absolute atomic E-state index is 11.0. The van der Waals surface area contributed by atoms with E-state index >= 15 is 0 Å². The van der Waals surface area contributed by atoms with Gasteiger partial charge in [-0.2, -0.15) is 0 Å². The molecule has 0 aromatic rings. The van der Waals surface area contributed by atoms with Crippen LogP contribution < -0.4 is 5.73 Å². The third-order valence-corrected chi connectivity index (χ3v) is 2.96. The lowest BCUT2D eigenvalue weighted by molar-refractivity contribution is -0.123. The van der Waals surface area contributed by atoms with Gasteiger partial charge in [-0.1, -0.05) is 32.4 Å². The van der Waals surface area contributed by atoms with E-state index in [1.807, 2.05) is 40.7 Å². The van der Waals surface area contributed by atoms with Crippen LogP contribution in [-0.4, -0.2) is 5.91 Å². The van der Waals surface area contributed by atoms with Crippen LogP contribution in [0.1, 0.15) is 34.6 Å². The van der Waals surface area contributed by atoms with Crippen LogP contribution in [-0.2, 0) is 4.79 Å². The Morgan fingerprint density at radius 2 is 1.92 bits per heavy atom. The molecule has 0 saturated carbocycles. The highest BCUT2D eigenvalue weighted by Gasteiger charge is 2.30. The molecule has 0 saturated heterocycles. The van der Waals surface area contributed by atoms with E-state index in [4.69, 9.17) is 5.73 Å². The van der Waals surface area contributed by atoms with E-state index in [2.05, 4.69) is 0 Å². The molecular formula is C10H19NO. The van der Waals surface area contributed by atoms with Gasteiger partial charge in [-0.05, 0) is 19.3 Å². The Hall–Kier alpha value is -0.790. The van der Waals surface area contributed by atoms with Crippen LogP contribution in [0.25, 0.3) is 0 Å². The number of hydrogen-bond acceptors (Lipinski definition) is 1. The van der Waals surface area contributed by atoms with E-state index in [-0.39, 0.29) is 17.2 Å². The van der Waals surface area contributed by atoms with E-state index < -0.39 is 0 Å². The molecule has 0 aliphatic heterocycles. The number of amides is 1. The number of carbonyl (C=O) groups excluding carboxylic acids is 1. The number of nitrogens with two attached hydrogens (primary N) is 1. The molecule has 1 atom stereocenters. The summed E-state index contributed by atoms with van der Waals surface area (Å²) in [7, 11) is 0. The highest BCUT2D eigenvalue weighted by molar-refractivity contribution is 5.77. The smallest absolute Gasteiger partial charge is 0.221 e. The van der Waals surface area contributed by atoms with Gasteiger partial charge in [-0.25, -0.2) is 0 Å². The van der Waals surface area contributed by atoms with Crippen molar-refractivity contribution in [2.24, 2.45) is 17.1 Å². The normalized spacial score (nSPS) is 15.9. The highest BCUT2D eigenvalue weighted by Crippen LogP contribution is 2.34. The fourth-order valence-corrected chi connectivity index (χ4v) is 1.07. The van der Waals surface area contributed by atoms with Gasteiger partial charge in [0, 0.05) is 5.92 Å². The molecule has 1 unspecified atom stereocenters. The number of allylic oxidation sites excluding steroid dienone is 2. The van der Waals surface area contributed by atoms with E-state index in [9.17, 15) is 4.79 Å². The van der Waals surface area contributed by atoms with E-state index in [0.29, 0.717) is 0 Å². The van der Waals surface area contributed by atoms with Crippen molar-refractivity contribution in [1.82, 2.24) is 0 Å². The van der Waals surface area contributed by atoms with Gasteiger partial charge < -0.3 is 5.73 Å². The molecule has 0 aromatic carbocycles. The minimum atomic E-state index is -0.235. The van der Waals surface area contributed by atoms with Crippen LogP contribution in [0.2, 0.25) is 0 Å². The van der Waals surface area contributed by atoms with Crippen molar-refractivity contribution in [2.75, 3.05) is 0 Å². The first kappa shape index (κ1) is 11.2. The summed E-state index contributed by atoms with van der Waals surface area (Å²) in [6, 6.07) is 0. The second-order valence-corrected chi connectivity index (χ2v) is 3.82. The lowest BCUT2D eigenvalue weighted by Crippen LogP contribution is -2.34. The zero-order valence-corrected chi connectivity index (χ0v) is 8.64. The molecule has 0 aliphatic rings. The van der Waals surface area contributed by atoms with Gasteiger partial charge in [0.05, 0.1) is 0 Å². The summed E-state index contributed by atoms with van der Waals surface area (Å²) in [6.07, 6.45) is 2.03. The molecule has 0 spiro atoms. The Morgan fingerprint density at radius 1 is 1.50 bits per heavy atom. The van der Waals surface area contributed by atoms with Crippen LogP contribution in [0.5, 0.6) is 0 Å². The van der Waals surface area contributed by atoms with Gasteiger partial charge in [0.1, 0.15) is 0 Å². The average molecular weight is 169 g/mol. The summed E-state index contributed by atoms with van der Waals surface area (Å²) in [6.45, 7) is 9.95. The van der Waals surface area contributed by atoms with Crippen molar-refractivity contribution >= 4 is 5.91 Å². The molecule has 0 radical (unpaired) electrons. The second-order valence-electron chi connectivity index (χ2n) is 3.82. The zero-order valence-electron chi connectivity index (χ0n) is 8.64. The molecule has 2 N–H and O–H groups in total. The zero-order chi connectivity index (χ0) is 9.94. The molecule has 1 amide bonds. The van der Waals surface area contributed by atoms with Crippen molar-refractivity contribution in [3.8, 4) is 0 Å². The summed E-state index contributed by atoms with van der Waals surface area (Å²) in [5, 5.41) is 0. The Labute approximate surface area is 74.8 Å². The number of rotatable bonds is 3. The van der Waals surface area contributed by atoms with Crippen molar-refractivity contribution in [3.05, 3.63) is 11.6 Å². The van der Waals surface area contributed by atoms with Gasteiger partial charge in [0.2, 0.25) is 5.91 Å². The first-order chi connectivity index (χ1) is 5.34. The monoisotopic (exact) mass is 169 g/mol. The molecular weight excluding hydrogens is 150 g/mol. The third kappa shape index (κ3) is 2.10. The maximum atomic E-state index is 11.0. The fraction of sp³-hybridized carbons (Fsp3) is 0.700. The van der Waals surface area contributed by atoms with Gasteiger partial charge >= 0.3 is 0 Å². The van der Waals surface area contributed by atoms with Crippen LogP contribution in [0.3, 0.4) is 0 Å². The van der Waals surface area contributed by atoms with Gasteiger partial charge in [0.25, 0.3) is 0 Å². The highest BCUT2D eigenvalue weighted by atomic mass is 16.1. The van der Waals surface area contributed by atoms with Crippen molar-refractivity contribution in [3.63, 3.8) is 0 Å². The summed E-state index contributed by atoms with van der Waals surface area (Å²) >= 11 is 0. The maximum Gasteiger partial charge on any atom is 0.221 e. The van der Waals surface area contributed by atoms with Crippen LogP contribution in [0, 0.1) is 11.3 Å². The van der Waals surface area contributed by atoms with Gasteiger partial charge in [-0.3, -0.25) is 4.79 Å². The summed E-state index contributed by atoms with van der Waals surface area (Å²) in [4.78, 5) is 11.0. The quantitative estimate of drug-likeness (QED) is 0.646. The van der Waals surface area contributed by atoms with E-state index in [1.54, 1.807) is 0 Å². The Bertz CT molecular complexity index is 204. The average Bonchev–Trinajstić information content (AvgIpc) is 2.01. The SMILES string of the molecule is C/C=C(\C)C(C)(C)C(C)C(N)=O. The first-order valence-electron chi connectivity index (χ1n) is 4.26. The molecule has 0 aliphatic carbocycles. The number of carbonyl (C=O) groups is 1. The summed E-state index contributed by atoms with van der Waals surface area (Å²) in [5.74, 6) is -0.352. The Kier molecular flexibility index (Phi) is 3.50. The van der Waals surface area contributed by atoms with Gasteiger partial charge in [-0.15, -0.1) is 0 Å². The molecule has 0 bridgehead atoms. The largest absolute Gasteiger partial charge is 0.369 e. The lowest BCUT2D eigenvalue weighted by atomic mass is 9.74. The summed E-state index contributed by atoms with van der Waals surface area (Å²) in [5.41, 5.74) is 6.33. The molecule has 0 aromatic heterocycles. The Morgan fingerprint density at radius 3 is 2.17 bits per heavy atom. The molecule has 12 heavy (non-hydrogen) atoms. The topological polar surface area (TPSA) is 43.1 Å². The molecule has 0 heterocycles. The molecule has 2 heteroatoms. The van der Waals surface area contributed by atoms with E-state index in [0.717, 1.165) is 0 Å². The molecule has 70 valence electrons. The van der Waals surface area contributed by atoms with Crippen molar-refractivity contribution in [2.45, 2.75) is 34.6 Å². The predicted molar refractivity (Wildman–Crippen MR) is 51.6 cm³/mol. The van der Waals surface area contributed by atoms with Crippen LogP contribution in [0.15, 0.2) is 11.6 Å². The standard InChI is InChI=1S/C10H19NO/c1-6-7(2)10(4,5)8(3)9(11)12/h6,8H,1-5H3,(H2,11,12)/b7-6+. The fourth-order valence-electron chi connectivity index (χ4n) is 1.07. The first-order valence-corrected chi connectivity index (χ1v) is 4.26. The van der Waals surface area contributed by atoms with Crippen LogP contribution in [0.4, 0.5) is 0 Å². The number of hydrogen-bond donors (Lipinski definition) is 1. The Balaban J connectivity index is 4.72. The van der Waals surface area contributed by atoms with Crippen LogP contribution >= 0.6 is 0 Å². The van der Waals surface area contributed by atoms with Gasteiger partial charge in [0.15, 0.2) is 0 Å². The molecule has 0 rings (SSSR count). The minimum Gasteiger partial charge on any atom is -0.369 e. The molecule has 0 fully saturated rings. The third-order valence-electron chi connectivity index (χ3n) is 2.96. The number of primary amides is 1. The van der Waals surface area contributed by atoms with Crippen molar-refractivity contribution in [1.29, 1.82) is 0 Å². The van der Waals surface area contributed by atoms with E-state index in [1.165, 1.54) is 5.57 Å². The second kappa shape index (κ2) is 3.74. The predicted octanol–water partition coefficient (Wildman–Crippen LogP) is 2.10.